The summed E-state index contributed by atoms with van der Waals surface area (Å²) in [6.45, 7) is 2.39. The third kappa shape index (κ3) is 1.79. The predicted octanol–water partition coefficient (Wildman–Crippen LogP) is 2.15. The van der Waals surface area contributed by atoms with E-state index in [1.807, 2.05) is 18.2 Å². The Hall–Kier alpha value is -0.770. The molecule has 86 valence electrons. The Morgan fingerprint density at radius 1 is 1.31 bits per heavy atom. The normalized spacial score (nSPS) is 28.6. The molecular formula is C12H14ClNO2. The Kier molecular flexibility index (Phi) is 2.75. The summed E-state index contributed by atoms with van der Waals surface area (Å²) < 4.78 is 11.6. The number of hydrogen-bond acceptors (Lipinski definition) is 3. The number of benzene rings is 1. The minimum atomic E-state index is 0.0740. The molecule has 4 heteroatoms. The number of fused-ring (bicyclic) bond motifs is 3. The maximum atomic E-state index is 6.03. The second-order valence-corrected chi connectivity index (χ2v) is 4.61. The number of ether oxygens (including phenoxy) is 2. The lowest BCUT2D eigenvalue weighted by Crippen LogP contribution is -2.43. The lowest BCUT2D eigenvalue weighted by molar-refractivity contribution is -0.00584. The van der Waals surface area contributed by atoms with Crippen LogP contribution in [0.5, 0.6) is 5.75 Å². The summed E-state index contributed by atoms with van der Waals surface area (Å²) in [7, 11) is 0. The molecule has 2 aliphatic rings. The fraction of sp³-hybridized carbons (Fsp3) is 0.500. The molecule has 0 bridgehead atoms. The van der Waals surface area contributed by atoms with Crippen LogP contribution in [0.2, 0.25) is 5.02 Å². The monoisotopic (exact) mass is 239 g/mol. The van der Waals surface area contributed by atoms with Crippen molar-refractivity contribution in [3.63, 3.8) is 0 Å². The highest BCUT2D eigenvalue weighted by Gasteiger charge is 2.31. The summed E-state index contributed by atoms with van der Waals surface area (Å²) in [4.78, 5) is 0. The maximum absolute atomic E-state index is 6.03. The molecule has 3 nitrogen and oxygen atoms in total. The summed E-state index contributed by atoms with van der Waals surface area (Å²) in [6, 6.07) is 6.08. The van der Waals surface area contributed by atoms with E-state index in [9.17, 15) is 0 Å². The van der Waals surface area contributed by atoms with Gasteiger partial charge in [-0.25, -0.2) is 0 Å². The molecule has 0 unspecified atom stereocenters. The molecule has 2 heterocycles. The van der Waals surface area contributed by atoms with Crippen LogP contribution in [0, 0.1) is 0 Å². The Morgan fingerprint density at radius 2 is 2.25 bits per heavy atom. The van der Waals surface area contributed by atoms with Crippen molar-refractivity contribution in [2.24, 2.45) is 0 Å². The third-order valence-corrected chi connectivity index (χ3v) is 3.37. The van der Waals surface area contributed by atoms with E-state index >= 15 is 0 Å². The molecule has 0 radical (unpaired) electrons. The number of hydrogen-bond donors (Lipinski definition) is 1. The van der Waals surface area contributed by atoms with E-state index in [4.69, 9.17) is 21.1 Å². The Balaban J connectivity index is 2.02. The van der Waals surface area contributed by atoms with Gasteiger partial charge in [-0.1, -0.05) is 11.6 Å². The molecule has 0 spiro atoms. The molecule has 1 saturated heterocycles. The predicted molar refractivity (Wildman–Crippen MR) is 62.0 cm³/mol. The zero-order valence-electron chi connectivity index (χ0n) is 8.91. The molecular weight excluding hydrogens is 226 g/mol. The zero-order valence-corrected chi connectivity index (χ0v) is 9.67. The Bertz CT molecular complexity index is 397. The van der Waals surface area contributed by atoms with Gasteiger partial charge in [0.1, 0.15) is 11.9 Å². The average molecular weight is 240 g/mol. The average Bonchev–Trinajstić information content (AvgIpc) is 2.48. The van der Waals surface area contributed by atoms with E-state index < -0.39 is 0 Å². The summed E-state index contributed by atoms with van der Waals surface area (Å²) in [5.41, 5.74) is 1.07. The Morgan fingerprint density at radius 3 is 3.19 bits per heavy atom. The van der Waals surface area contributed by atoms with Gasteiger partial charge in [0.25, 0.3) is 0 Å². The first-order valence-electron chi connectivity index (χ1n) is 5.62. The molecule has 1 aromatic carbocycles. The fourth-order valence-corrected chi connectivity index (χ4v) is 2.56. The van der Waals surface area contributed by atoms with Gasteiger partial charge >= 0.3 is 0 Å². The maximum Gasteiger partial charge on any atom is 0.125 e. The lowest BCUT2D eigenvalue weighted by atomic mass is 9.99. The molecule has 1 fully saturated rings. The SMILES string of the molecule is Clc1ccc2c(c1)[C@@H]1OCCN[C@H]1CCO2. The molecule has 16 heavy (non-hydrogen) atoms. The van der Waals surface area contributed by atoms with E-state index in [1.54, 1.807) is 0 Å². The number of nitrogens with one attached hydrogen (secondary N) is 1. The van der Waals surface area contributed by atoms with Crippen LogP contribution < -0.4 is 10.1 Å². The lowest BCUT2D eigenvalue weighted by Gasteiger charge is -2.31. The van der Waals surface area contributed by atoms with Crippen LogP contribution in [0.25, 0.3) is 0 Å². The highest BCUT2D eigenvalue weighted by Crippen LogP contribution is 2.36. The molecule has 0 amide bonds. The van der Waals surface area contributed by atoms with E-state index in [1.165, 1.54) is 0 Å². The van der Waals surface area contributed by atoms with Gasteiger partial charge in [-0.2, -0.15) is 0 Å². The van der Waals surface area contributed by atoms with Crippen molar-refractivity contribution in [1.82, 2.24) is 5.32 Å². The molecule has 1 N–H and O–H groups in total. The topological polar surface area (TPSA) is 30.5 Å². The minimum Gasteiger partial charge on any atom is -0.493 e. The number of rotatable bonds is 0. The van der Waals surface area contributed by atoms with E-state index in [0.717, 1.165) is 42.5 Å². The standard InChI is InChI=1S/C12H14ClNO2/c13-8-1-2-11-9(7-8)12-10(3-5-15-11)14-4-6-16-12/h1-2,7,10,12,14H,3-6H2/t10-,12-/m0/s1. The van der Waals surface area contributed by atoms with Gasteiger partial charge in [0, 0.05) is 23.2 Å². The highest BCUT2D eigenvalue weighted by molar-refractivity contribution is 6.30. The third-order valence-electron chi connectivity index (χ3n) is 3.14. The molecule has 0 aromatic heterocycles. The van der Waals surface area contributed by atoms with Gasteiger partial charge in [-0.05, 0) is 24.6 Å². The molecule has 0 saturated carbocycles. The van der Waals surface area contributed by atoms with Crippen molar-refractivity contribution in [3.8, 4) is 5.75 Å². The molecule has 3 rings (SSSR count). The minimum absolute atomic E-state index is 0.0740. The second kappa shape index (κ2) is 4.24. The number of morpholine rings is 1. The first-order valence-corrected chi connectivity index (χ1v) is 5.99. The van der Waals surface area contributed by atoms with Gasteiger partial charge in [-0.3, -0.25) is 0 Å². The van der Waals surface area contributed by atoms with Gasteiger partial charge < -0.3 is 14.8 Å². The Labute approximate surface area is 99.7 Å². The molecule has 0 aliphatic carbocycles. The van der Waals surface area contributed by atoms with Gasteiger partial charge in [0.2, 0.25) is 0 Å². The van der Waals surface area contributed by atoms with Crippen LogP contribution in [0.3, 0.4) is 0 Å². The van der Waals surface area contributed by atoms with Gasteiger partial charge in [-0.15, -0.1) is 0 Å². The van der Waals surface area contributed by atoms with Crippen molar-refractivity contribution in [2.75, 3.05) is 19.8 Å². The van der Waals surface area contributed by atoms with Crippen molar-refractivity contribution in [3.05, 3.63) is 28.8 Å². The van der Waals surface area contributed by atoms with Crippen molar-refractivity contribution in [1.29, 1.82) is 0 Å². The smallest absolute Gasteiger partial charge is 0.125 e. The van der Waals surface area contributed by atoms with Crippen LogP contribution in [0.4, 0.5) is 0 Å². The van der Waals surface area contributed by atoms with Gasteiger partial charge in [0.05, 0.1) is 13.2 Å². The zero-order chi connectivity index (χ0) is 11.0. The number of halogens is 1. The first kappa shape index (κ1) is 10.4. The summed E-state index contributed by atoms with van der Waals surface area (Å²) in [6.07, 6.45) is 1.04. The van der Waals surface area contributed by atoms with Crippen LogP contribution in [-0.2, 0) is 4.74 Å². The molecule has 2 atom stereocenters. The van der Waals surface area contributed by atoms with Crippen molar-refractivity contribution >= 4 is 11.6 Å². The van der Waals surface area contributed by atoms with Crippen LogP contribution in [0.1, 0.15) is 18.1 Å². The summed E-state index contributed by atoms with van der Waals surface area (Å²) in [5, 5.41) is 4.21. The molecule has 1 aromatic rings. The fourth-order valence-electron chi connectivity index (χ4n) is 2.38. The van der Waals surface area contributed by atoms with Crippen LogP contribution in [-0.4, -0.2) is 25.8 Å². The second-order valence-electron chi connectivity index (χ2n) is 4.17. The van der Waals surface area contributed by atoms with Crippen LogP contribution in [0.15, 0.2) is 18.2 Å². The molecule has 2 aliphatic heterocycles. The van der Waals surface area contributed by atoms with E-state index in [2.05, 4.69) is 5.32 Å². The summed E-state index contributed by atoms with van der Waals surface area (Å²) in [5.74, 6) is 0.903. The largest absolute Gasteiger partial charge is 0.493 e. The van der Waals surface area contributed by atoms with Crippen LogP contribution >= 0.6 is 11.6 Å². The quantitative estimate of drug-likeness (QED) is 0.753. The van der Waals surface area contributed by atoms with Crippen molar-refractivity contribution < 1.29 is 9.47 Å². The summed E-state index contributed by atoms with van der Waals surface area (Å²) >= 11 is 6.03. The van der Waals surface area contributed by atoms with E-state index in [-0.39, 0.29) is 6.10 Å². The van der Waals surface area contributed by atoms with E-state index in [0.29, 0.717) is 6.04 Å². The first-order chi connectivity index (χ1) is 7.84. The highest BCUT2D eigenvalue weighted by atomic mass is 35.5. The van der Waals surface area contributed by atoms with Gasteiger partial charge in [0.15, 0.2) is 0 Å². The van der Waals surface area contributed by atoms with Crippen molar-refractivity contribution in [2.45, 2.75) is 18.6 Å².